The van der Waals surface area contributed by atoms with Crippen LogP contribution in [0.3, 0.4) is 0 Å². The molecule has 5 nitrogen and oxygen atoms in total. The second kappa shape index (κ2) is 7.20. The number of aryl methyl sites for hydroxylation is 1. The predicted octanol–water partition coefficient (Wildman–Crippen LogP) is 2.43. The van der Waals surface area contributed by atoms with Gasteiger partial charge in [-0.3, -0.25) is 0 Å². The van der Waals surface area contributed by atoms with Gasteiger partial charge in [0.05, 0.1) is 11.3 Å². The fourth-order valence-corrected chi connectivity index (χ4v) is 2.25. The fraction of sp³-hybridized carbons (Fsp3) is 0.583. The Bertz CT molecular complexity index is 412. The van der Waals surface area contributed by atoms with Gasteiger partial charge < -0.3 is 10.4 Å². The summed E-state index contributed by atoms with van der Waals surface area (Å²) in [5.74, 6) is 1.71. The number of carbonyl (C=O) groups is 1. The number of nitrogens with zero attached hydrogens (tertiary/aromatic N) is 2. The second-order valence-corrected chi connectivity index (χ2v) is 5.42. The quantitative estimate of drug-likeness (QED) is 0.740. The minimum Gasteiger partial charge on any atom is -0.478 e. The van der Waals surface area contributed by atoms with Gasteiger partial charge in [0.2, 0.25) is 5.95 Å². The summed E-state index contributed by atoms with van der Waals surface area (Å²) in [5.41, 5.74) is 0.630. The molecule has 0 fully saturated rings. The second-order valence-electron chi connectivity index (χ2n) is 4.03. The third-order valence-corrected chi connectivity index (χ3v) is 3.42. The molecule has 1 aromatic heterocycles. The SMILES string of the molecule is CCSCCC(C)Nc1ncc(C(=O)O)c(C)n1. The molecular formula is C12H19N3O2S. The molecule has 0 aliphatic rings. The number of hydrogen-bond donors (Lipinski definition) is 2. The molecule has 18 heavy (non-hydrogen) atoms. The highest BCUT2D eigenvalue weighted by Gasteiger charge is 2.11. The third-order valence-electron chi connectivity index (χ3n) is 2.48. The van der Waals surface area contributed by atoms with Gasteiger partial charge in [-0.05, 0) is 31.8 Å². The molecule has 6 heteroatoms. The highest BCUT2D eigenvalue weighted by molar-refractivity contribution is 7.99. The van der Waals surface area contributed by atoms with E-state index in [1.165, 1.54) is 6.20 Å². The fourth-order valence-electron chi connectivity index (χ4n) is 1.44. The summed E-state index contributed by atoms with van der Waals surface area (Å²) in [6.45, 7) is 5.88. The van der Waals surface area contributed by atoms with Crippen molar-refractivity contribution in [2.24, 2.45) is 0 Å². The first-order chi connectivity index (χ1) is 8.54. The summed E-state index contributed by atoms with van der Waals surface area (Å²) in [4.78, 5) is 19.0. The number of rotatable bonds is 7. The Kier molecular flexibility index (Phi) is 5.91. The van der Waals surface area contributed by atoms with Crippen LogP contribution in [0.4, 0.5) is 5.95 Å². The van der Waals surface area contributed by atoms with Crippen molar-refractivity contribution in [3.63, 3.8) is 0 Å². The zero-order chi connectivity index (χ0) is 13.5. The maximum atomic E-state index is 10.8. The van der Waals surface area contributed by atoms with E-state index in [2.05, 4.69) is 29.1 Å². The van der Waals surface area contributed by atoms with Crippen LogP contribution >= 0.6 is 11.8 Å². The highest BCUT2D eigenvalue weighted by atomic mass is 32.2. The van der Waals surface area contributed by atoms with Crippen molar-refractivity contribution in [2.45, 2.75) is 33.2 Å². The molecule has 0 radical (unpaired) electrons. The van der Waals surface area contributed by atoms with Crippen LogP contribution in [0.15, 0.2) is 6.20 Å². The Morgan fingerprint density at radius 3 is 2.89 bits per heavy atom. The Labute approximate surface area is 111 Å². The number of aromatic carboxylic acids is 1. The van der Waals surface area contributed by atoms with Crippen LogP contribution in [0.5, 0.6) is 0 Å². The maximum Gasteiger partial charge on any atom is 0.339 e. The van der Waals surface area contributed by atoms with Gasteiger partial charge in [-0.2, -0.15) is 11.8 Å². The lowest BCUT2D eigenvalue weighted by Crippen LogP contribution is -2.18. The zero-order valence-corrected chi connectivity index (χ0v) is 11.8. The minimum absolute atomic E-state index is 0.148. The molecule has 0 aliphatic heterocycles. The molecule has 0 spiro atoms. The molecule has 0 saturated heterocycles. The summed E-state index contributed by atoms with van der Waals surface area (Å²) in [7, 11) is 0. The Balaban J connectivity index is 2.57. The first-order valence-electron chi connectivity index (χ1n) is 5.95. The average molecular weight is 269 g/mol. The van der Waals surface area contributed by atoms with Gasteiger partial charge in [0, 0.05) is 12.2 Å². The molecule has 1 rings (SSSR count). The zero-order valence-electron chi connectivity index (χ0n) is 10.9. The smallest absolute Gasteiger partial charge is 0.339 e. The van der Waals surface area contributed by atoms with Crippen molar-refractivity contribution in [1.82, 2.24) is 9.97 Å². The number of hydrogen-bond acceptors (Lipinski definition) is 5. The Morgan fingerprint density at radius 1 is 1.61 bits per heavy atom. The largest absolute Gasteiger partial charge is 0.478 e. The van der Waals surface area contributed by atoms with Crippen LogP contribution in [0.1, 0.15) is 36.3 Å². The van der Waals surface area contributed by atoms with Gasteiger partial charge in [0.1, 0.15) is 0 Å². The van der Waals surface area contributed by atoms with Crippen molar-refractivity contribution in [3.05, 3.63) is 17.5 Å². The summed E-state index contributed by atoms with van der Waals surface area (Å²) in [5, 5.41) is 12.1. The van der Waals surface area contributed by atoms with Gasteiger partial charge in [0.25, 0.3) is 0 Å². The van der Waals surface area contributed by atoms with E-state index < -0.39 is 5.97 Å². The summed E-state index contributed by atoms with van der Waals surface area (Å²) >= 11 is 1.90. The highest BCUT2D eigenvalue weighted by Crippen LogP contribution is 2.10. The van der Waals surface area contributed by atoms with Crippen molar-refractivity contribution < 1.29 is 9.90 Å². The van der Waals surface area contributed by atoms with Gasteiger partial charge in [-0.15, -0.1) is 0 Å². The van der Waals surface area contributed by atoms with E-state index in [4.69, 9.17) is 5.11 Å². The van der Waals surface area contributed by atoms with Crippen LogP contribution in [0.25, 0.3) is 0 Å². The number of nitrogens with one attached hydrogen (secondary N) is 1. The van der Waals surface area contributed by atoms with E-state index in [0.717, 1.165) is 17.9 Å². The molecule has 0 bridgehead atoms. The van der Waals surface area contributed by atoms with Crippen LogP contribution in [0, 0.1) is 6.92 Å². The van der Waals surface area contributed by atoms with Crippen molar-refractivity contribution in [1.29, 1.82) is 0 Å². The van der Waals surface area contributed by atoms with Crippen molar-refractivity contribution >= 4 is 23.7 Å². The molecule has 0 aromatic carbocycles. The number of aromatic nitrogens is 2. The topological polar surface area (TPSA) is 75.1 Å². The van der Waals surface area contributed by atoms with E-state index >= 15 is 0 Å². The van der Waals surface area contributed by atoms with Crippen LogP contribution in [-0.4, -0.2) is 38.6 Å². The van der Waals surface area contributed by atoms with Gasteiger partial charge >= 0.3 is 5.97 Å². The standard InChI is InChI=1S/C12H19N3O2S/c1-4-18-6-5-8(2)14-12-13-7-10(11(16)17)9(3)15-12/h7-8H,4-6H2,1-3H3,(H,16,17)(H,13,14,15). The molecule has 100 valence electrons. The van der Waals surface area contributed by atoms with Crippen molar-refractivity contribution in [2.75, 3.05) is 16.8 Å². The number of carboxylic acid groups (broad SMARTS) is 1. The predicted molar refractivity (Wildman–Crippen MR) is 74.4 cm³/mol. The van der Waals surface area contributed by atoms with Gasteiger partial charge in [-0.1, -0.05) is 6.92 Å². The lowest BCUT2D eigenvalue weighted by Gasteiger charge is -2.13. The maximum absolute atomic E-state index is 10.8. The third kappa shape index (κ3) is 4.52. The van der Waals surface area contributed by atoms with E-state index in [9.17, 15) is 4.79 Å². The molecule has 0 saturated carbocycles. The normalized spacial score (nSPS) is 12.2. The summed E-state index contributed by atoms with van der Waals surface area (Å²) in [6, 6.07) is 0.277. The minimum atomic E-state index is -0.994. The van der Waals surface area contributed by atoms with Gasteiger partial charge in [-0.25, -0.2) is 14.8 Å². The van der Waals surface area contributed by atoms with Crippen LogP contribution in [-0.2, 0) is 0 Å². The van der Waals surface area contributed by atoms with E-state index in [0.29, 0.717) is 11.6 Å². The molecule has 1 aromatic rings. The van der Waals surface area contributed by atoms with E-state index in [-0.39, 0.29) is 11.6 Å². The average Bonchev–Trinajstić information content (AvgIpc) is 2.28. The summed E-state index contributed by atoms with van der Waals surface area (Å²) in [6.07, 6.45) is 2.38. The molecule has 0 amide bonds. The van der Waals surface area contributed by atoms with Gasteiger partial charge in [0.15, 0.2) is 0 Å². The number of carboxylic acids is 1. The molecule has 1 heterocycles. The lowest BCUT2D eigenvalue weighted by molar-refractivity contribution is 0.0695. The van der Waals surface area contributed by atoms with Crippen LogP contribution < -0.4 is 5.32 Å². The monoisotopic (exact) mass is 269 g/mol. The number of anilines is 1. The Morgan fingerprint density at radius 2 is 2.33 bits per heavy atom. The number of thioether (sulfide) groups is 1. The summed E-state index contributed by atoms with van der Waals surface area (Å²) < 4.78 is 0. The molecule has 1 atom stereocenters. The van der Waals surface area contributed by atoms with Crippen molar-refractivity contribution in [3.8, 4) is 0 Å². The first-order valence-corrected chi connectivity index (χ1v) is 7.11. The molecular weight excluding hydrogens is 250 g/mol. The molecule has 2 N–H and O–H groups in total. The van der Waals surface area contributed by atoms with Crippen LogP contribution in [0.2, 0.25) is 0 Å². The molecule has 0 aliphatic carbocycles. The van der Waals surface area contributed by atoms with E-state index in [1.807, 2.05) is 11.8 Å². The lowest BCUT2D eigenvalue weighted by atomic mass is 10.2. The Hall–Kier alpha value is -1.30. The van der Waals surface area contributed by atoms with E-state index in [1.54, 1.807) is 6.92 Å². The first kappa shape index (κ1) is 14.8. The molecule has 1 unspecified atom stereocenters.